The van der Waals surface area contributed by atoms with Crippen LogP contribution in [0.3, 0.4) is 0 Å². The number of aromatic nitrogens is 2. The largest absolute Gasteiger partial charge is 0.492 e. The van der Waals surface area contributed by atoms with E-state index in [9.17, 15) is 13.2 Å². The van der Waals surface area contributed by atoms with Crippen molar-refractivity contribution in [3.05, 3.63) is 77.6 Å². The summed E-state index contributed by atoms with van der Waals surface area (Å²) in [7, 11) is -3.89. The van der Waals surface area contributed by atoms with Crippen molar-refractivity contribution in [2.75, 3.05) is 17.3 Å². The highest BCUT2D eigenvalue weighted by Gasteiger charge is 2.27. The summed E-state index contributed by atoms with van der Waals surface area (Å²) in [6, 6.07) is 16.6. The first-order valence-corrected chi connectivity index (χ1v) is 12.9. The lowest BCUT2D eigenvalue weighted by molar-refractivity contribution is -0.116. The molecule has 0 bridgehead atoms. The number of ether oxygens (including phenoxy) is 1. The van der Waals surface area contributed by atoms with Crippen LogP contribution in [0.5, 0.6) is 5.75 Å². The first-order chi connectivity index (χ1) is 15.9. The Hall–Kier alpha value is -3.01. The molecule has 1 amide bonds. The number of amides is 1. The minimum atomic E-state index is -3.89. The highest BCUT2D eigenvalue weighted by atomic mass is 35.5. The number of sulfone groups is 1. The summed E-state index contributed by atoms with van der Waals surface area (Å²) < 4.78 is 32.3. The molecule has 2 aromatic heterocycles. The van der Waals surface area contributed by atoms with Gasteiger partial charge < -0.3 is 4.74 Å². The Labute approximate surface area is 200 Å². The Morgan fingerprint density at radius 3 is 2.58 bits per heavy atom. The van der Waals surface area contributed by atoms with Crippen molar-refractivity contribution in [3.63, 3.8) is 0 Å². The van der Waals surface area contributed by atoms with Crippen LogP contribution in [0.2, 0.25) is 5.02 Å². The van der Waals surface area contributed by atoms with E-state index in [-0.39, 0.29) is 11.4 Å². The van der Waals surface area contributed by atoms with Gasteiger partial charge in [-0.2, -0.15) is 0 Å². The van der Waals surface area contributed by atoms with Crippen molar-refractivity contribution in [2.24, 2.45) is 0 Å². The highest BCUT2D eigenvalue weighted by Crippen LogP contribution is 2.35. The maximum absolute atomic E-state index is 13.3. The molecule has 0 aliphatic carbocycles. The molecule has 0 unspecified atom stereocenters. The Balaban J connectivity index is 1.70. The number of nitrogens with zero attached hydrogens (tertiary/aromatic N) is 3. The van der Waals surface area contributed by atoms with Crippen LogP contribution in [0.25, 0.3) is 10.2 Å². The van der Waals surface area contributed by atoms with Crippen molar-refractivity contribution in [1.82, 2.24) is 9.97 Å². The highest BCUT2D eigenvalue weighted by molar-refractivity contribution is 7.92. The normalized spacial score (nSPS) is 11.5. The van der Waals surface area contributed by atoms with Gasteiger partial charge in [0.2, 0.25) is 5.91 Å². The molecule has 10 heteroatoms. The average Bonchev–Trinajstić information content (AvgIpc) is 3.23. The molecular weight excluding hydrogens is 482 g/mol. The molecule has 2 heterocycles. The van der Waals surface area contributed by atoms with Gasteiger partial charge in [0.25, 0.3) is 0 Å². The van der Waals surface area contributed by atoms with Crippen molar-refractivity contribution in [3.8, 4) is 5.75 Å². The third-order valence-corrected chi connectivity index (χ3v) is 7.65. The van der Waals surface area contributed by atoms with Gasteiger partial charge in [0.1, 0.15) is 17.0 Å². The number of carbonyl (C=O) groups excluding carboxylic acids is 1. The minimum absolute atomic E-state index is 0.0287. The van der Waals surface area contributed by atoms with Crippen LogP contribution in [0, 0.1) is 0 Å². The van der Waals surface area contributed by atoms with Crippen molar-refractivity contribution in [1.29, 1.82) is 0 Å². The fourth-order valence-corrected chi connectivity index (χ4v) is 5.50. The predicted molar refractivity (Wildman–Crippen MR) is 130 cm³/mol. The molecule has 0 aliphatic rings. The first kappa shape index (κ1) is 23.2. The summed E-state index contributed by atoms with van der Waals surface area (Å²) in [5.74, 6) is -0.709. The van der Waals surface area contributed by atoms with E-state index in [0.717, 1.165) is 4.70 Å². The van der Waals surface area contributed by atoms with Gasteiger partial charge in [-0.05, 0) is 55.5 Å². The van der Waals surface area contributed by atoms with E-state index in [2.05, 4.69) is 9.97 Å². The van der Waals surface area contributed by atoms with Crippen LogP contribution in [0.1, 0.15) is 12.6 Å². The summed E-state index contributed by atoms with van der Waals surface area (Å²) in [5, 5.41) is 0.788. The summed E-state index contributed by atoms with van der Waals surface area (Å²) in [5.41, 5.74) is 1.23. The van der Waals surface area contributed by atoms with Crippen LogP contribution in [0.4, 0.5) is 5.13 Å². The molecule has 0 atom stereocenters. The second kappa shape index (κ2) is 9.86. The molecule has 4 aromatic rings. The zero-order valence-electron chi connectivity index (χ0n) is 17.6. The molecule has 2 aromatic carbocycles. The fourth-order valence-electron chi connectivity index (χ4n) is 3.18. The minimum Gasteiger partial charge on any atom is -0.492 e. The Bertz CT molecular complexity index is 1370. The molecule has 0 aliphatic heterocycles. The molecule has 0 fully saturated rings. The first-order valence-electron chi connectivity index (χ1n) is 10.1. The van der Waals surface area contributed by atoms with Gasteiger partial charge in [-0.1, -0.05) is 35.1 Å². The fraction of sp³-hybridized carbons (Fsp3) is 0.174. The summed E-state index contributed by atoms with van der Waals surface area (Å²) in [4.78, 5) is 23.6. The van der Waals surface area contributed by atoms with E-state index in [1.807, 2.05) is 25.1 Å². The molecule has 7 nitrogen and oxygen atoms in total. The second-order valence-corrected chi connectivity index (χ2v) is 10.5. The number of benzene rings is 2. The van der Waals surface area contributed by atoms with Crippen LogP contribution in [-0.4, -0.2) is 36.7 Å². The summed E-state index contributed by atoms with van der Waals surface area (Å²) in [6.07, 6.45) is 1.62. The number of carbonyl (C=O) groups is 1. The SMILES string of the molecule is CCOc1cccc2sc(N(Cc3ccccn3)C(=O)CS(=O)(=O)c3ccc(Cl)cc3)nc12. The zero-order chi connectivity index (χ0) is 23.4. The van der Waals surface area contributed by atoms with Crippen LogP contribution >= 0.6 is 22.9 Å². The predicted octanol–water partition coefficient (Wildman–Crippen LogP) is 4.75. The number of fused-ring (bicyclic) bond motifs is 1. The number of hydrogen-bond acceptors (Lipinski definition) is 7. The molecule has 0 saturated carbocycles. The monoisotopic (exact) mass is 501 g/mol. The molecule has 0 saturated heterocycles. The van der Waals surface area contributed by atoms with E-state index in [1.54, 1.807) is 24.4 Å². The van der Waals surface area contributed by atoms with Gasteiger partial charge in [0.05, 0.1) is 28.4 Å². The second-order valence-electron chi connectivity index (χ2n) is 7.05. The summed E-state index contributed by atoms with van der Waals surface area (Å²) in [6.45, 7) is 2.44. The number of hydrogen-bond donors (Lipinski definition) is 0. The lowest BCUT2D eigenvalue weighted by atomic mass is 10.3. The van der Waals surface area contributed by atoms with E-state index in [0.29, 0.717) is 33.7 Å². The molecule has 0 radical (unpaired) electrons. The average molecular weight is 502 g/mol. The number of para-hydroxylation sites is 1. The maximum atomic E-state index is 13.3. The molecule has 33 heavy (non-hydrogen) atoms. The van der Waals surface area contributed by atoms with Crippen molar-refractivity contribution >= 4 is 54.0 Å². The van der Waals surface area contributed by atoms with Gasteiger partial charge in [0, 0.05) is 11.2 Å². The number of thiazole rings is 1. The molecule has 170 valence electrons. The molecule has 0 spiro atoms. The Morgan fingerprint density at radius 1 is 1.09 bits per heavy atom. The van der Waals surface area contributed by atoms with Crippen molar-refractivity contribution in [2.45, 2.75) is 18.4 Å². The van der Waals surface area contributed by atoms with E-state index >= 15 is 0 Å². The quantitative estimate of drug-likeness (QED) is 0.346. The smallest absolute Gasteiger partial charge is 0.244 e. The van der Waals surface area contributed by atoms with Crippen LogP contribution < -0.4 is 9.64 Å². The van der Waals surface area contributed by atoms with Gasteiger partial charge in [-0.15, -0.1) is 0 Å². The van der Waals surface area contributed by atoms with E-state index in [4.69, 9.17) is 16.3 Å². The lowest BCUT2D eigenvalue weighted by Crippen LogP contribution is -2.35. The Morgan fingerprint density at radius 2 is 1.88 bits per heavy atom. The number of rotatable bonds is 8. The molecule has 4 rings (SSSR count). The topological polar surface area (TPSA) is 89.5 Å². The van der Waals surface area contributed by atoms with E-state index < -0.39 is 21.5 Å². The number of pyridine rings is 1. The van der Waals surface area contributed by atoms with Crippen molar-refractivity contribution < 1.29 is 17.9 Å². The van der Waals surface area contributed by atoms with Gasteiger partial charge in [-0.3, -0.25) is 14.7 Å². The number of halogens is 1. The van der Waals surface area contributed by atoms with E-state index in [1.165, 1.54) is 40.5 Å². The van der Waals surface area contributed by atoms with Gasteiger partial charge in [0.15, 0.2) is 15.0 Å². The van der Waals surface area contributed by atoms with Crippen LogP contribution in [-0.2, 0) is 21.2 Å². The van der Waals surface area contributed by atoms with Gasteiger partial charge in [-0.25, -0.2) is 13.4 Å². The number of anilines is 1. The lowest BCUT2D eigenvalue weighted by Gasteiger charge is -2.19. The summed E-state index contributed by atoms with van der Waals surface area (Å²) >= 11 is 7.16. The zero-order valence-corrected chi connectivity index (χ0v) is 20.0. The third kappa shape index (κ3) is 5.32. The standard InChI is InChI=1S/C23H20ClN3O4S2/c1-2-31-19-7-5-8-20-22(19)26-23(32-20)27(14-17-6-3-4-13-25-17)21(28)15-33(29,30)18-11-9-16(24)10-12-18/h3-13H,2,14-15H2,1H3. The molecular formula is C23H20ClN3O4S2. The Kier molecular flexibility index (Phi) is 6.92. The third-order valence-electron chi connectivity index (χ3n) is 4.73. The van der Waals surface area contributed by atoms with Crippen LogP contribution in [0.15, 0.2) is 71.8 Å². The van der Waals surface area contributed by atoms with Gasteiger partial charge >= 0.3 is 0 Å². The maximum Gasteiger partial charge on any atom is 0.244 e. The molecule has 0 N–H and O–H groups in total.